The maximum absolute atomic E-state index is 10.3. The van der Waals surface area contributed by atoms with Gasteiger partial charge in [0.15, 0.2) is 0 Å². The molecule has 134 valence electrons. The minimum absolute atomic E-state index is 0.140. The van der Waals surface area contributed by atoms with Gasteiger partial charge in [0, 0.05) is 30.6 Å². The average molecular weight is 360 g/mol. The number of piperidine rings is 1. The smallest absolute Gasteiger partial charge is 0.139 e. The highest BCUT2D eigenvalue weighted by atomic mass is 35.5. The molecular weight excluding hydrogens is 334 g/mol. The van der Waals surface area contributed by atoms with Gasteiger partial charge in [0.05, 0.1) is 6.10 Å². The van der Waals surface area contributed by atoms with Crippen LogP contribution in [0.15, 0.2) is 30.3 Å². The lowest BCUT2D eigenvalue weighted by molar-refractivity contribution is 0.00992. The Hall–Kier alpha value is -1.36. The first kappa shape index (κ1) is 17.1. The molecule has 5 heteroatoms. The van der Waals surface area contributed by atoms with Crippen LogP contribution < -0.4 is 5.32 Å². The molecule has 25 heavy (non-hydrogen) atoms. The fourth-order valence-electron chi connectivity index (χ4n) is 4.33. The maximum Gasteiger partial charge on any atom is 0.139 e. The summed E-state index contributed by atoms with van der Waals surface area (Å²) in [5.41, 5.74) is 0. The molecular formula is C20H26ClN3O. The van der Waals surface area contributed by atoms with Crippen molar-refractivity contribution >= 4 is 28.2 Å². The molecule has 1 aromatic carbocycles. The second-order valence-corrected chi connectivity index (χ2v) is 7.75. The largest absolute Gasteiger partial charge is 0.391 e. The minimum Gasteiger partial charge on any atom is -0.391 e. The summed E-state index contributed by atoms with van der Waals surface area (Å²) >= 11 is 6.33. The normalized spacial score (nSPS) is 26.0. The molecule has 0 spiro atoms. The number of aromatic nitrogens is 1. The van der Waals surface area contributed by atoms with Crippen LogP contribution in [-0.4, -0.2) is 46.3 Å². The van der Waals surface area contributed by atoms with Crippen molar-refractivity contribution in [3.8, 4) is 0 Å². The van der Waals surface area contributed by atoms with Crippen molar-refractivity contribution in [2.75, 3.05) is 18.4 Å². The highest BCUT2D eigenvalue weighted by molar-refractivity contribution is 6.34. The molecule has 0 bridgehead atoms. The Morgan fingerprint density at radius 1 is 1.08 bits per heavy atom. The van der Waals surface area contributed by atoms with Crippen LogP contribution in [0.5, 0.6) is 0 Å². The predicted octanol–water partition coefficient (Wildman–Crippen LogP) is 4.07. The molecule has 1 aliphatic heterocycles. The van der Waals surface area contributed by atoms with Gasteiger partial charge >= 0.3 is 0 Å². The van der Waals surface area contributed by atoms with E-state index in [2.05, 4.69) is 27.3 Å². The summed E-state index contributed by atoms with van der Waals surface area (Å²) in [5.74, 6) is 0.861. The number of rotatable bonds is 3. The van der Waals surface area contributed by atoms with Crippen molar-refractivity contribution in [1.29, 1.82) is 0 Å². The average Bonchev–Trinajstić information content (AvgIpc) is 2.63. The zero-order valence-electron chi connectivity index (χ0n) is 14.5. The molecule has 1 saturated carbocycles. The topological polar surface area (TPSA) is 48.4 Å². The van der Waals surface area contributed by atoms with E-state index in [-0.39, 0.29) is 6.10 Å². The summed E-state index contributed by atoms with van der Waals surface area (Å²) in [7, 11) is 0. The number of hydrogen-bond donors (Lipinski definition) is 2. The van der Waals surface area contributed by atoms with Crippen molar-refractivity contribution in [2.45, 2.75) is 56.7 Å². The Morgan fingerprint density at radius 2 is 1.84 bits per heavy atom. The number of likely N-dealkylation sites (tertiary alicyclic amines) is 1. The first-order valence-corrected chi connectivity index (χ1v) is 9.82. The maximum atomic E-state index is 10.3. The SMILES string of the molecule is OC1CCCCC1N1CCC(Nc2cc3ccccc3c(Cl)n2)CC1. The number of fused-ring (bicyclic) bond motifs is 1. The van der Waals surface area contributed by atoms with E-state index in [9.17, 15) is 5.11 Å². The van der Waals surface area contributed by atoms with Crippen LogP contribution in [0.2, 0.25) is 5.15 Å². The van der Waals surface area contributed by atoms with Gasteiger partial charge in [-0.3, -0.25) is 4.90 Å². The predicted molar refractivity (Wildman–Crippen MR) is 103 cm³/mol. The number of pyridine rings is 1. The number of aliphatic hydroxyl groups excluding tert-OH is 1. The molecule has 1 aromatic heterocycles. The number of aliphatic hydroxyl groups is 1. The Morgan fingerprint density at radius 3 is 2.64 bits per heavy atom. The van der Waals surface area contributed by atoms with E-state index in [0.29, 0.717) is 17.2 Å². The van der Waals surface area contributed by atoms with E-state index in [4.69, 9.17) is 11.6 Å². The molecule has 2 atom stereocenters. The number of benzene rings is 1. The van der Waals surface area contributed by atoms with E-state index in [1.54, 1.807) is 0 Å². The summed E-state index contributed by atoms with van der Waals surface area (Å²) in [6, 6.07) is 10.9. The first-order chi connectivity index (χ1) is 12.2. The monoisotopic (exact) mass is 359 g/mol. The summed E-state index contributed by atoms with van der Waals surface area (Å²) in [5, 5.41) is 16.5. The molecule has 0 radical (unpaired) electrons. The first-order valence-electron chi connectivity index (χ1n) is 9.44. The van der Waals surface area contributed by atoms with Crippen molar-refractivity contribution in [3.63, 3.8) is 0 Å². The molecule has 2 fully saturated rings. The van der Waals surface area contributed by atoms with E-state index in [0.717, 1.165) is 55.4 Å². The molecule has 2 heterocycles. The Bertz CT molecular complexity index is 730. The van der Waals surface area contributed by atoms with Gasteiger partial charge in [-0.1, -0.05) is 48.7 Å². The zero-order chi connectivity index (χ0) is 17.2. The molecule has 1 saturated heterocycles. The number of nitrogens with zero attached hydrogens (tertiary/aromatic N) is 2. The minimum atomic E-state index is -0.140. The van der Waals surface area contributed by atoms with Crippen LogP contribution in [0.1, 0.15) is 38.5 Å². The van der Waals surface area contributed by atoms with Crippen molar-refractivity contribution < 1.29 is 5.11 Å². The van der Waals surface area contributed by atoms with Crippen molar-refractivity contribution in [3.05, 3.63) is 35.5 Å². The summed E-state index contributed by atoms with van der Waals surface area (Å²) in [4.78, 5) is 7.01. The molecule has 1 aliphatic carbocycles. The van der Waals surface area contributed by atoms with Crippen LogP contribution in [0, 0.1) is 0 Å². The molecule has 2 aliphatic rings. The standard InChI is InChI=1S/C20H26ClN3O/c21-20-16-6-2-1-5-14(16)13-19(23-20)22-15-9-11-24(12-10-15)17-7-3-4-8-18(17)25/h1-2,5-6,13,15,17-18,25H,3-4,7-12H2,(H,22,23). The third kappa shape index (κ3) is 3.76. The van der Waals surface area contributed by atoms with Gasteiger partial charge in [-0.25, -0.2) is 4.98 Å². The zero-order valence-corrected chi connectivity index (χ0v) is 15.3. The number of anilines is 1. The summed E-state index contributed by atoms with van der Waals surface area (Å²) in [6.07, 6.45) is 6.54. The van der Waals surface area contributed by atoms with Crippen LogP contribution in [0.3, 0.4) is 0 Å². The van der Waals surface area contributed by atoms with Crippen molar-refractivity contribution in [1.82, 2.24) is 9.88 Å². The van der Waals surface area contributed by atoms with Gasteiger partial charge in [0.25, 0.3) is 0 Å². The number of halogens is 1. The van der Waals surface area contributed by atoms with Gasteiger partial charge < -0.3 is 10.4 Å². The quantitative estimate of drug-likeness (QED) is 0.811. The Kier molecular flexibility index (Phi) is 5.11. The fourth-order valence-corrected chi connectivity index (χ4v) is 4.60. The van der Waals surface area contributed by atoms with Gasteiger partial charge in [0.1, 0.15) is 11.0 Å². The molecule has 4 rings (SSSR count). The molecule has 2 N–H and O–H groups in total. The van der Waals surface area contributed by atoms with E-state index in [1.165, 1.54) is 12.8 Å². The van der Waals surface area contributed by atoms with E-state index >= 15 is 0 Å². The lowest BCUT2D eigenvalue weighted by Gasteiger charge is -2.41. The van der Waals surface area contributed by atoms with Crippen LogP contribution >= 0.6 is 11.6 Å². The lowest BCUT2D eigenvalue weighted by atomic mass is 9.89. The van der Waals surface area contributed by atoms with Crippen LogP contribution in [0.4, 0.5) is 5.82 Å². The molecule has 2 aromatic rings. The molecule has 4 nitrogen and oxygen atoms in total. The molecule has 0 amide bonds. The van der Waals surface area contributed by atoms with Gasteiger partial charge in [-0.15, -0.1) is 0 Å². The Balaban J connectivity index is 1.38. The molecule has 2 unspecified atom stereocenters. The summed E-state index contributed by atoms with van der Waals surface area (Å²) < 4.78 is 0. The number of nitrogens with one attached hydrogen (secondary N) is 1. The fraction of sp³-hybridized carbons (Fsp3) is 0.550. The second-order valence-electron chi connectivity index (χ2n) is 7.39. The lowest BCUT2D eigenvalue weighted by Crippen LogP contribution is -2.50. The summed E-state index contributed by atoms with van der Waals surface area (Å²) in [6.45, 7) is 2.08. The van der Waals surface area contributed by atoms with Gasteiger partial charge in [0.2, 0.25) is 0 Å². The van der Waals surface area contributed by atoms with Crippen LogP contribution in [0.25, 0.3) is 10.8 Å². The van der Waals surface area contributed by atoms with Gasteiger partial charge in [-0.05, 0) is 37.1 Å². The Labute approximate surface area is 154 Å². The highest BCUT2D eigenvalue weighted by Gasteiger charge is 2.31. The third-order valence-electron chi connectivity index (χ3n) is 5.74. The van der Waals surface area contributed by atoms with E-state index in [1.807, 2.05) is 18.2 Å². The highest BCUT2D eigenvalue weighted by Crippen LogP contribution is 2.28. The third-order valence-corrected chi connectivity index (χ3v) is 6.03. The number of hydrogen-bond acceptors (Lipinski definition) is 4. The van der Waals surface area contributed by atoms with Crippen molar-refractivity contribution in [2.24, 2.45) is 0 Å². The van der Waals surface area contributed by atoms with E-state index < -0.39 is 0 Å². The van der Waals surface area contributed by atoms with Crippen LogP contribution in [-0.2, 0) is 0 Å². The second kappa shape index (κ2) is 7.48. The van der Waals surface area contributed by atoms with Gasteiger partial charge in [-0.2, -0.15) is 0 Å².